The highest BCUT2D eigenvalue weighted by molar-refractivity contribution is 5.33. The van der Waals surface area contributed by atoms with Crippen LogP contribution in [0.3, 0.4) is 0 Å². The number of benzene rings is 1. The van der Waals surface area contributed by atoms with E-state index in [4.69, 9.17) is 9.26 Å². The van der Waals surface area contributed by atoms with Crippen LogP contribution >= 0.6 is 0 Å². The lowest BCUT2D eigenvalue weighted by atomic mass is 10.1. The lowest BCUT2D eigenvalue weighted by molar-refractivity contribution is 0.217. The Labute approximate surface area is 114 Å². The summed E-state index contributed by atoms with van der Waals surface area (Å²) in [5.74, 6) is 1.83. The molecule has 0 amide bonds. The maximum atomic E-state index is 5.38. The second-order valence-corrected chi connectivity index (χ2v) is 4.76. The fourth-order valence-corrected chi connectivity index (χ4v) is 2.07. The zero-order chi connectivity index (χ0) is 13.7. The molecule has 1 unspecified atom stereocenters. The summed E-state index contributed by atoms with van der Waals surface area (Å²) in [5, 5.41) is 3.72. The minimum atomic E-state index is 0.390. The quantitative estimate of drug-likeness (QED) is 0.800. The van der Waals surface area contributed by atoms with Gasteiger partial charge < -0.3 is 9.26 Å². The number of para-hydroxylation sites is 1. The standard InChI is InChI=1S/C15H20N2O2/c1-12(17(2)11-14-8-9-16-19-14)10-13-6-4-5-7-15(13)18-3/h4-9,12H,10-11H2,1-3H3. The summed E-state index contributed by atoms with van der Waals surface area (Å²) in [6.45, 7) is 2.96. The van der Waals surface area contributed by atoms with Crippen molar-refractivity contribution in [2.45, 2.75) is 25.9 Å². The Morgan fingerprint density at radius 3 is 2.79 bits per heavy atom. The van der Waals surface area contributed by atoms with Crippen molar-refractivity contribution in [3.05, 3.63) is 47.9 Å². The van der Waals surface area contributed by atoms with Gasteiger partial charge in [0.2, 0.25) is 0 Å². The Morgan fingerprint density at radius 2 is 2.11 bits per heavy atom. The molecule has 0 radical (unpaired) electrons. The lowest BCUT2D eigenvalue weighted by Gasteiger charge is -2.24. The van der Waals surface area contributed by atoms with E-state index in [0.717, 1.165) is 24.5 Å². The van der Waals surface area contributed by atoms with Gasteiger partial charge in [0.25, 0.3) is 0 Å². The van der Waals surface area contributed by atoms with Crippen molar-refractivity contribution >= 4 is 0 Å². The maximum absolute atomic E-state index is 5.38. The van der Waals surface area contributed by atoms with E-state index in [2.05, 4.69) is 30.1 Å². The molecule has 1 aromatic heterocycles. The first kappa shape index (κ1) is 13.6. The number of ether oxygens (including phenoxy) is 1. The van der Waals surface area contributed by atoms with E-state index < -0.39 is 0 Å². The first-order valence-corrected chi connectivity index (χ1v) is 6.42. The Kier molecular flexibility index (Phi) is 4.58. The monoisotopic (exact) mass is 260 g/mol. The van der Waals surface area contributed by atoms with Crippen molar-refractivity contribution in [3.8, 4) is 5.75 Å². The fourth-order valence-electron chi connectivity index (χ4n) is 2.07. The van der Waals surface area contributed by atoms with Crippen LogP contribution in [-0.2, 0) is 13.0 Å². The Hall–Kier alpha value is -1.81. The molecule has 0 spiro atoms. The van der Waals surface area contributed by atoms with E-state index in [0.29, 0.717) is 6.04 Å². The molecular weight excluding hydrogens is 240 g/mol. The number of nitrogens with zero attached hydrogens (tertiary/aromatic N) is 2. The van der Waals surface area contributed by atoms with E-state index in [1.54, 1.807) is 13.3 Å². The van der Waals surface area contributed by atoms with Gasteiger partial charge >= 0.3 is 0 Å². The predicted octanol–water partition coefficient (Wildman–Crippen LogP) is 2.75. The van der Waals surface area contributed by atoms with Crippen LogP contribution in [0, 0.1) is 0 Å². The van der Waals surface area contributed by atoms with Gasteiger partial charge in [0, 0.05) is 12.1 Å². The third kappa shape index (κ3) is 3.58. The van der Waals surface area contributed by atoms with E-state index in [1.165, 1.54) is 5.56 Å². The van der Waals surface area contributed by atoms with Gasteiger partial charge in [-0.1, -0.05) is 23.4 Å². The summed E-state index contributed by atoms with van der Waals surface area (Å²) >= 11 is 0. The second-order valence-electron chi connectivity index (χ2n) is 4.76. The molecule has 4 heteroatoms. The molecule has 0 fully saturated rings. The number of methoxy groups -OCH3 is 1. The van der Waals surface area contributed by atoms with Crippen molar-refractivity contribution in [1.29, 1.82) is 0 Å². The van der Waals surface area contributed by atoms with Crippen LogP contribution in [0.15, 0.2) is 41.1 Å². The molecule has 2 aromatic rings. The van der Waals surface area contributed by atoms with Gasteiger partial charge in [0.15, 0.2) is 5.76 Å². The molecule has 0 bridgehead atoms. The van der Waals surface area contributed by atoms with Gasteiger partial charge in [0.05, 0.1) is 19.9 Å². The summed E-state index contributed by atoms with van der Waals surface area (Å²) in [6, 6.07) is 10.4. The third-order valence-corrected chi connectivity index (χ3v) is 3.36. The minimum absolute atomic E-state index is 0.390. The van der Waals surface area contributed by atoms with Crippen LogP contribution in [0.2, 0.25) is 0 Å². The van der Waals surface area contributed by atoms with Gasteiger partial charge in [-0.2, -0.15) is 0 Å². The van der Waals surface area contributed by atoms with Gasteiger partial charge in [0.1, 0.15) is 5.75 Å². The zero-order valence-corrected chi connectivity index (χ0v) is 11.7. The topological polar surface area (TPSA) is 38.5 Å². The molecule has 0 saturated carbocycles. The summed E-state index contributed by atoms with van der Waals surface area (Å²) in [5.41, 5.74) is 1.22. The molecule has 102 valence electrons. The zero-order valence-electron chi connectivity index (χ0n) is 11.7. The van der Waals surface area contributed by atoms with Crippen molar-refractivity contribution in [1.82, 2.24) is 10.1 Å². The maximum Gasteiger partial charge on any atom is 0.150 e. The van der Waals surface area contributed by atoms with Crippen molar-refractivity contribution < 1.29 is 9.26 Å². The average molecular weight is 260 g/mol. The Bertz CT molecular complexity index is 497. The van der Waals surface area contributed by atoms with E-state index >= 15 is 0 Å². The summed E-state index contributed by atoms with van der Waals surface area (Å²) < 4.78 is 10.5. The van der Waals surface area contributed by atoms with Crippen LogP contribution in [0.4, 0.5) is 0 Å². The van der Waals surface area contributed by atoms with Gasteiger partial charge in [-0.05, 0) is 32.0 Å². The van der Waals surface area contributed by atoms with Gasteiger partial charge in [-0.15, -0.1) is 0 Å². The smallest absolute Gasteiger partial charge is 0.150 e. The largest absolute Gasteiger partial charge is 0.496 e. The molecule has 2 rings (SSSR count). The number of likely N-dealkylation sites (N-methyl/N-ethyl adjacent to an activating group) is 1. The number of rotatable bonds is 6. The van der Waals surface area contributed by atoms with E-state index in [-0.39, 0.29) is 0 Å². The van der Waals surface area contributed by atoms with Gasteiger partial charge in [-0.3, -0.25) is 4.90 Å². The van der Waals surface area contributed by atoms with Gasteiger partial charge in [-0.25, -0.2) is 0 Å². The molecule has 0 aliphatic rings. The van der Waals surface area contributed by atoms with E-state index in [9.17, 15) is 0 Å². The third-order valence-electron chi connectivity index (χ3n) is 3.36. The molecule has 0 saturated heterocycles. The highest BCUT2D eigenvalue weighted by atomic mass is 16.5. The second kappa shape index (κ2) is 6.38. The molecule has 19 heavy (non-hydrogen) atoms. The van der Waals surface area contributed by atoms with Crippen LogP contribution in [-0.4, -0.2) is 30.3 Å². The Morgan fingerprint density at radius 1 is 1.32 bits per heavy atom. The van der Waals surface area contributed by atoms with Crippen molar-refractivity contribution in [3.63, 3.8) is 0 Å². The molecule has 4 nitrogen and oxygen atoms in total. The first-order chi connectivity index (χ1) is 9.20. The van der Waals surface area contributed by atoms with Crippen LogP contribution < -0.4 is 4.74 Å². The lowest BCUT2D eigenvalue weighted by Crippen LogP contribution is -2.30. The first-order valence-electron chi connectivity index (χ1n) is 6.42. The van der Waals surface area contributed by atoms with E-state index in [1.807, 2.05) is 24.3 Å². The average Bonchev–Trinajstić information content (AvgIpc) is 2.92. The number of aromatic nitrogens is 1. The molecule has 1 atom stereocenters. The summed E-state index contributed by atoms with van der Waals surface area (Å²) in [7, 11) is 3.80. The molecule has 0 aliphatic carbocycles. The highest BCUT2D eigenvalue weighted by Crippen LogP contribution is 2.20. The Balaban J connectivity index is 1.98. The normalized spacial score (nSPS) is 12.6. The summed E-state index contributed by atoms with van der Waals surface area (Å²) in [4.78, 5) is 2.24. The number of hydrogen-bond acceptors (Lipinski definition) is 4. The van der Waals surface area contributed by atoms with Crippen LogP contribution in [0.5, 0.6) is 5.75 Å². The minimum Gasteiger partial charge on any atom is -0.496 e. The fraction of sp³-hybridized carbons (Fsp3) is 0.400. The molecular formula is C15H20N2O2. The summed E-state index contributed by atoms with van der Waals surface area (Å²) in [6.07, 6.45) is 2.61. The van der Waals surface area contributed by atoms with Crippen LogP contribution in [0.25, 0.3) is 0 Å². The van der Waals surface area contributed by atoms with Crippen molar-refractivity contribution in [2.24, 2.45) is 0 Å². The number of hydrogen-bond donors (Lipinski definition) is 0. The van der Waals surface area contributed by atoms with Crippen LogP contribution in [0.1, 0.15) is 18.2 Å². The SMILES string of the molecule is COc1ccccc1CC(C)N(C)Cc1ccno1. The molecule has 1 heterocycles. The molecule has 1 aromatic carbocycles. The highest BCUT2D eigenvalue weighted by Gasteiger charge is 2.14. The van der Waals surface area contributed by atoms with Crippen molar-refractivity contribution in [2.75, 3.05) is 14.2 Å². The predicted molar refractivity (Wildman–Crippen MR) is 74.1 cm³/mol. The molecule has 0 N–H and O–H groups in total. The molecule has 0 aliphatic heterocycles.